The van der Waals surface area contributed by atoms with Crippen LogP contribution in [0.4, 0.5) is 5.95 Å². The Morgan fingerprint density at radius 1 is 1.17 bits per heavy atom. The zero-order valence-electron chi connectivity index (χ0n) is 20.1. The first-order valence-electron chi connectivity index (χ1n) is 12.5. The van der Waals surface area contributed by atoms with E-state index in [0.717, 1.165) is 54.6 Å². The minimum absolute atomic E-state index is 0.247. The maximum absolute atomic E-state index is 11.7. The Hall–Kier alpha value is -3.24. The van der Waals surface area contributed by atoms with Crippen LogP contribution in [-0.4, -0.2) is 49.5 Å². The lowest BCUT2D eigenvalue weighted by Gasteiger charge is -2.31. The largest absolute Gasteiger partial charge is 0.439 e. The molecular formula is C25H28ClN7O3. The van der Waals surface area contributed by atoms with Gasteiger partial charge in [-0.2, -0.15) is 0 Å². The van der Waals surface area contributed by atoms with Crippen molar-refractivity contribution in [1.29, 1.82) is 0 Å². The minimum Gasteiger partial charge on any atom is -0.361 e. The summed E-state index contributed by atoms with van der Waals surface area (Å²) >= 11 is 6.33. The molecule has 2 aliphatic rings. The number of anilines is 1. The van der Waals surface area contributed by atoms with Gasteiger partial charge in [0.1, 0.15) is 12.4 Å². The molecule has 5 heterocycles. The zero-order chi connectivity index (χ0) is 24.6. The van der Waals surface area contributed by atoms with Crippen LogP contribution in [0, 0.1) is 11.8 Å². The number of hydrogen-bond acceptors (Lipinski definition) is 8. The molecule has 4 aromatic rings. The first kappa shape index (κ1) is 23.2. The van der Waals surface area contributed by atoms with E-state index < -0.39 is 5.76 Å². The zero-order valence-corrected chi connectivity index (χ0v) is 20.9. The van der Waals surface area contributed by atoms with Crippen molar-refractivity contribution in [3.05, 3.63) is 40.1 Å². The van der Waals surface area contributed by atoms with Crippen LogP contribution in [0.5, 0.6) is 0 Å². The van der Waals surface area contributed by atoms with Crippen LogP contribution >= 0.6 is 11.6 Å². The number of aromatic nitrogens is 6. The summed E-state index contributed by atoms with van der Waals surface area (Å²) < 4.78 is 12.8. The van der Waals surface area contributed by atoms with Gasteiger partial charge < -0.3 is 14.2 Å². The first-order chi connectivity index (χ1) is 17.5. The lowest BCUT2D eigenvalue weighted by atomic mass is 9.83. The molecule has 0 amide bonds. The fourth-order valence-electron chi connectivity index (χ4n) is 5.29. The first-order valence-corrected chi connectivity index (χ1v) is 12.8. The fourth-order valence-corrected chi connectivity index (χ4v) is 5.46. The van der Waals surface area contributed by atoms with E-state index in [0.29, 0.717) is 29.1 Å². The molecule has 0 spiro atoms. The van der Waals surface area contributed by atoms with E-state index in [1.807, 2.05) is 12.1 Å². The second kappa shape index (κ2) is 9.67. The molecule has 188 valence electrons. The molecule has 1 aliphatic heterocycles. The van der Waals surface area contributed by atoms with Crippen LogP contribution in [0.15, 0.2) is 33.8 Å². The number of fused-ring (bicyclic) bond motifs is 1. The number of imidazole rings is 1. The van der Waals surface area contributed by atoms with Crippen molar-refractivity contribution in [2.24, 2.45) is 11.8 Å². The molecule has 1 N–H and O–H groups in total. The van der Waals surface area contributed by atoms with E-state index in [1.54, 1.807) is 12.4 Å². The van der Waals surface area contributed by atoms with Gasteiger partial charge in [-0.05, 0) is 43.2 Å². The summed E-state index contributed by atoms with van der Waals surface area (Å²) in [6.07, 6.45) is 9.15. The number of rotatable bonds is 5. The maximum atomic E-state index is 11.7. The Bertz CT molecular complexity index is 1430. The molecule has 4 aromatic heterocycles. The van der Waals surface area contributed by atoms with Gasteiger partial charge in [-0.1, -0.05) is 36.5 Å². The third-order valence-corrected chi connectivity index (χ3v) is 7.40. The number of nitrogens with zero attached hydrogens (tertiary/aromatic N) is 6. The van der Waals surface area contributed by atoms with Crippen LogP contribution in [0.2, 0.25) is 5.02 Å². The Balaban J connectivity index is 1.56. The van der Waals surface area contributed by atoms with Gasteiger partial charge in [0.15, 0.2) is 0 Å². The van der Waals surface area contributed by atoms with Gasteiger partial charge in [-0.3, -0.25) is 14.5 Å². The van der Waals surface area contributed by atoms with Gasteiger partial charge in [0.05, 0.1) is 28.4 Å². The molecular weight excluding hydrogens is 482 g/mol. The summed E-state index contributed by atoms with van der Waals surface area (Å²) in [7, 11) is 0. The second-order valence-electron chi connectivity index (χ2n) is 9.86. The summed E-state index contributed by atoms with van der Waals surface area (Å²) in [6.45, 7) is 5.30. The number of aromatic amines is 1. The molecule has 1 aliphatic carbocycles. The van der Waals surface area contributed by atoms with E-state index in [4.69, 9.17) is 30.8 Å². The Morgan fingerprint density at radius 3 is 2.75 bits per heavy atom. The number of halogens is 1. The maximum Gasteiger partial charge on any atom is 0.439 e. The minimum atomic E-state index is -0.638. The van der Waals surface area contributed by atoms with Gasteiger partial charge in [0, 0.05) is 31.0 Å². The number of hydrogen-bond donors (Lipinski definition) is 1. The highest BCUT2D eigenvalue weighted by molar-refractivity contribution is 6.30. The third-order valence-electron chi connectivity index (χ3n) is 7.19. The highest BCUT2D eigenvalue weighted by Gasteiger charge is 2.27. The van der Waals surface area contributed by atoms with Crippen LogP contribution in [0.25, 0.3) is 33.8 Å². The Labute approximate surface area is 212 Å². The van der Waals surface area contributed by atoms with E-state index in [1.165, 1.54) is 25.7 Å². The monoisotopic (exact) mass is 509 g/mol. The summed E-state index contributed by atoms with van der Waals surface area (Å²) in [5.41, 5.74) is 3.57. The summed E-state index contributed by atoms with van der Waals surface area (Å²) in [5.74, 6) is 1.81. The normalized spacial score (nSPS) is 20.8. The van der Waals surface area contributed by atoms with Crippen molar-refractivity contribution in [1.82, 2.24) is 29.7 Å². The lowest BCUT2D eigenvalue weighted by Crippen LogP contribution is -2.35. The number of pyridine rings is 2. The molecule has 0 bridgehead atoms. The van der Waals surface area contributed by atoms with E-state index >= 15 is 0 Å². The molecule has 11 heteroatoms. The highest BCUT2D eigenvalue weighted by Crippen LogP contribution is 2.37. The molecule has 36 heavy (non-hydrogen) atoms. The Kier molecular flexibility index (Phi) is 6.22. The predicted octanol–water partition coefficient (Wildman–Crippen LogP) is 4.50. The topological polar surface area (TPSA) is 115 Å². The fraction of sp³-hybridized carbons (Fsp3) is 0.480. The van der Waals surface area contributed by atoms with Crippen molar-refractivity contribution in [2.45, 2.75) is 45.6 Å². The smallest absolute Gasteiger partial charge is 0.361 e. The van der Waals surface area contributed by atoms with Crippen LogP contribution in [0.1, 0.15) is 39.0 Å². The van der Waals surface area contributed by atoms with Crippen LogP contribution < -0.4 is 10.7 Å². The standard InChI is InChI=1S/C25H28ClN7O3/c1-15-3-5-16(6-4-15)13-33-22-19(29-24(33)32-7-2-8-35-14-32)10-20(23-30-25(34)36-31-23)28-21(22)17-9-18(26)12-27-11-17/h9-12,15-16H,2-8,13-14H2,1H3,(H,30,31,34). The summed E-state index contributed by atoms with van der Waals surface area (Å²) in [6, 6.07) is 3.69. The molecule has 10 nitrogen and oxygen atoms in total. The van der Waals surface area contributed by atoms with Crippen molar-refractivity contribution in [3.63, 3.8) is 0 Å². The van der Waals surface area contributed by atoms with Gasteiger partial charge in [-0.15, -0.1) is 0 Å². The van der Waals surface area contributed by atoms with Gasteiger partial charge in [0.2, 0.25) is 11.8 Å². The van der Waals surface area contributed by atoms with Crippen LogP contribution in [-0.2, 0) is 11.3 Å². The summed E-state index contributed by atoms with van der Waals surface area (Å²) in [4.78, 5) is 30.7. The van der Waals surface area contributed by atoms with Crippen molar-refractivity contribution in [3.8, 4) is 22.8 Å². The highest BCUT2D eigenvalue weighted by atomic mass is 35.5. The van der Waals surface area contributed by atoms with Gasteiger partial charge >= 0.3 is 5.76 Å². The van der Waals surface area contributed by atoms with E-state index in [9.17, 15) is 4.79 Å². The molecule has 1 saturated carbocycles. The van der Waals surface area contributed by atoms with Crippen LogP contribution in [0.3, 0.4) is 0 Å². The molecule has 0 radical (unpaired) electrons. The van der Waals surface area contributed by atoms with Gasteiger partial charge in [-0.25, -0.2) is 14.8 Å². The van der Waals surface area contributed by atoms with Crippen molar-refractivity contribution in [2.75, 3.05) is 24.8 Å². The molecule has 0 atom stereocenters. The predicted molar refractivity (Wildman–Crippen MR) is 136 cm³/mol. The lowest BCUT2D eigenvalue weighted by molar-refractivity contribution is 0.105. The molecule has 0 unspecified atom stereocenters. The van der Waals surface area contributed by atoms with E-state index in [-0.39, 0.29) is 5.82 Å². The molecule has 0 aromatic carbocycles. The third kappa shape index (κ3) is 4.51. The number of H-pyrrole nitrogens is 1. The quantitative estimate of drug-likeness (QED) is 0.418. The average Bonchev–Trinajstić information content (AvgIpc) is 3.49. The SMILES string of the molecule is CC1CCC(Cn2c(N3CCCOC3)nc3cc(-c4noc(=O)[nH]4)nc(-c4cncc(Cl)c4)c32)CC1. The van der Waals surface area contributed by atoms with Crippen molar-refractivity contribution >= 4 is 28.6 Å². The molecule has 6 rings (SSSR count). The second-order valence-corrected chi connectivity index (χ2v) is 10.3. The Morgan fingerprint density at radius 2 is 2.03 bits per heavy atom. The average molecular weight is 510 g/mol. The number of ether oxygens (including phenoxy) is 1. The van der Waals surface area contributed by atoms with E-state index in [2.05, 4.69) is 31.5 Å². The molecule has 2 fully saturated rings. The summed E-state index contributed by atoms with van der Waals surface area (Å²) in [5, 5.41) is 4.37. The van der Waals surface area contributed by atoms with Crippen molar-refractivity contribution < 1.29 is 9.26 Å². The van der Waals surface area contributed by atoms with Gasteiger partial charge in [0.25, 0.3) is 0 Å². The number of nitrogens with one attached hydrogen (secondary N) is 1. The molecule has 1 saturated heterocycles.